The first-order valence-corrected chi connectivity index (χ1v) is 7.76. The van der Waals surface area contributed by atoms with Crippen LogP contribution in [-0.2, 0) is 4.79 Å². The van der Waals surface area contributed by atoms with Gasteiger partial charge >= 0.3 is 0 Å². The molecular formula is C15H28N2O. The molecule has 1 aliphatic heterocycles. The van der Waals surface area contributed by atoms with E-state index in [9.17, 15) is 4.79 Å². The van der Waals surface area contributed by atoms with Gasteiger partial charge < -0.3 is 10.6 Å². The van der Waals surface area contributed by atoms with Gasteiger partial charge in [0.2, 0.25) is 5.91 Å². The molecule has 0 aromatic heterocycles. The molecule has 3 heteroatoms. The van der Waals surface area contributed by atoms with Crippen LogP contribution in [0.4, 0.5) is 0 Å². The highest BCUT2D eigenvalue weighted by Crippen LogP contribution is 2.30. The molecule has 104 valence electrons. The largest absolute Gasteiger partial charge is 0.356 e. The predicted molar refractivity (Wildman–Crippen MR) is 74.4 cm³/mol. The second-order valence-corrected chi connectivity index (χ2v) is 6.11. The van der Waals surface area contributed by atoms with E-state index in [-0.39, 0.29) is 11.3 Å². The molecule has 0 radical (unpaired) electrons. The monoisotopic (exact) mass is 252 g/mol. The first-order valence-electron chi connectivity index (χ1n) is 7.76. The van der Waals surface area contributed by atoms with Crippen LogP contribution in [0.2, 0.25) is 0 Å². The minimum Gasteiger partial charge on any atom is -0.356 e. The molecule has 0 aromatic rings. The first-order chi connectivity index (χ1) is 8.77. The number of carbonyl (C=O) groups excluding carboxylic acids is 1. The van der Waals surface area contributed by atoms with E-state index >= 15 is 0 Å². The molecule has 18 heavy (non-hydrogen) atoms. The lowest BCUT2D eigenvalue weighted by molar-refractivity contribution is -0.132. The third-order valence-electron chi connectivity index (χ3n) is 4.94. The molecule has 1 saturated heterocycles. The Kier molecular flexibility index (Phi) is 5.04. The van der Waals surface area contributed by atoms with Crippen molar-refractivity contribution in [1.29, 1.82) is 0 Å². The first kappa shape index (κ1) is 13.9. The van der Waals surface area contributed by atoms with Gasteiger partial charge in [-0.25, -0.2) is 0 Å². The molecule has 1 saturated carbocycles. The summed E-state index contributed by atoms with van der Waals surface area (Å²) in [7, 11) is 0. The van der Waals surface area contributed by atoms with Crippen molar-refractivity contribution < 1.29 is 4.79 Å². The van der Waals surface area contributed by atoms with Crippen LogP contribution in [0.3, 0.4) is 0 Å². The predicted octanol–water partition coefficient (Wildman–Crippen LogP) is 2.46. The number of hydrogen-bond acceptors (Lipinski definition) is 2. The summed E-state index contributed by atoms with van der Waals surface area (Å²) in [5, 5.41) is 6.57. The van der Waals surface area contributed by atoms with Gasteiger partial charge in [-0.3, -0.25) is 4.79 Å². The van der Waals surface area contributed by atoms with Crippen molar-refractivity contribution in [2.24, 2.45) is 11.3 Å². The van der Waals surface area contributed by atoms with E-state index in [0.29, 0.717) is 0 Å². The van der Waals surface area contributed by atoms with Crippen molar-refractivity contribution in [2.75, 3.05) is 19.6 Å². The summed E-state index contributed by atoms with van der Waals surface area (Å²) in [6.45, 7) is 4.95. The maximum absolute atomic E-state index is 12.4. The van der Waals surface area contributed by atoms with E-state index in [4.69, 9.17) is 0 Å². The van der Waals surface area contributed by atoms with E-state index in [1.165, 1.54) is 32.1 Å². The number of piperidine rings is 1. The Balaban J connectivity index is 1.74. The maximum atomic E-state index is 12.4. The van der Waals surface area contributed by atoms with Crippen LogP contribution in [-0.4, -0.2) is 25.5 Å². The summed E-state index contributed by atoms with van der Waals surface area (Å²) in [5.41, 5.74) is -0.131. The zero-order chi connectivity index (χ0) is 12.8. The van der Waals surface area contributed by atoms with E-state index < -0.39 is 0 Å². The van der Waals surface area contributed by atoms with Gasteiger partial charge in [-0.15, -0.1) is 0 Å². The molecule has 0 spiro atoms. The highest BCUT2D eigenvalue weighted by Gasteiger charge is 2.37. The Morgan fingerprint density at radius 3 is 2.72 bits per heavy atom. The summed E-state index contributed by atoms with van der Waals surface area (Å²) >= 11 is 0. The number of rotatable bonds is 5. The molecule has 1 heterocycles. The molecule has 1 amide bonds. The van der Waals surface area contributed by atoms with Crippen molar-refractivity contribution in [1.82, 2.24) is 10.6 Å². The molecule has 2 rings (SSSR count). The van der Waals surface area contributed by atoms with Gasteiger partial charge in [0.25, 0.3) is 0 Å². The lowest BCUT2D eigenvalue weighted by Gasteiger charge is -2.35. The number of nitrogens with one attached hydrogen (secondary N) is 2. The Labute approximate surface area is 111 Å². The standard InChI is InChI=1S/C15H28N2O/c1-2-15(9-5-10-16-12-15)14(18)17-11-8-13-6-3-4-7-13/h13,16H,2-12H2,1H3,(H,17,18). The fourth-order valence-corrected chi connectivity index (χ4v) is 3.50. The summed E-state index contributed by atoms with van der Waals surface area (Å²) in [6.07, 6.45) is 9.83. The van der Waals surface area contributed by atoms with Gasteiger partial charge in [0, 0.05) is 13.1 Å². The van der Waals surface area contributed by atoms with Crippen molar-refractivity contribution in [3.05, 3.63) is 0 Å². The summed E-state index contributed by atoms with van der Waals surface area (Å²) < 4.78 is 0. The topological polar surface area (TPSA) is 41.1 Å². The smallest absolute Gasteiger partial charge is 0.227 e. The Bertz CT molecular complexity index is 266. The Morgan fingerprint density at radius 2 is 2.11 bits per heavy atom. The second kappa shape index (κ2) is 6.55. The zero-order valence-corrected chi connectivity index (χ0v) is 11.8. The molecule has 2 fully saturated rings. The SMILES string of the molecule is CCC1(C(=O)NCCC2CCCC2)CCCNC1. The fraction of sp³-hybridized carbons (Fsp3) is 0.933. The average molecular weight is 252 g/mol. The zero-order valence-electron chi connectivity index (χ0n) is 11.8. The minimum absolute atomic E-state index is 0.131. The summed E-state index contributed by atoms with van der Waals surface area (Å²) in [4.78, 5) is 12.4. The van der Waals surface area contributed by atoms with E-state index in [1.54, 1.807) is 0 Å². The quantitative estimate of drug-likeness (QED) is 0.789. The van der Waals surface area contributed by atoms with Gasteiger partial charge in [0.05, 0.1) is 5.41 Å². The van der Waals surface area contributed by atoms with E-state index in [0.717, 1.165) is 44.8 Å². The molecule has 1 unspecified atom stereocenters. The molecule has 2 aliphatic rings. The van der Waals surface area contributed by atoms with Crippen LogP contribution in [0.15, 0.2) is 0 Å². The van der Waals surface area contributed by atoms with Crippen molar-refractivity contribution in [3.63, 3.8) is 0 Å². The number of hydrogen-bond donors (Lipinski definition) is 2. The van der Waals surface area contributed by atoms with Gasteiger partial charge in [0.15, 0.2) is 0 Å². The molecule has 0 aromatic carbocycles. The van der Waals surface area contributed by atoms with Gasteiger partial charge in [-0.1, -0.05) is 32.6 Å². The van der Waals surface area contributed by atoms with Crippen molar-refractivity contribution in [3.8, 4) is 0 Å². The summed E-state index contributed by atoms with van der Waals surface area (Å²) in [5.74, 6) is 1.16. The van der Waals surface area contributed by atoms with Crippen LogP contribution in [0.5, 0.6) is 0 Å². The van der Waals surface area contributed by atoms with Gasteiger partial charge in [0.1, 0.15) is 0 Å². The van der Waals surface area contributed by atoms with E-state index in [1.807, 2.05) is 0 Å². The number of carbonyl (C=O) groups is 1. The van der Waals surface area contributed by atoms with Crippen LogP contribution in [0, 0.1) is 11.3 Å². The third-order valence-corrected chi connectivity index (χ3v) is 4.94. The fourth-order valence-electron chi connectivity index (χ4n) is 3.50. The summed E-state index contributed by atoms with van der Waals surface area (Å²) in [6, 6.07) is 0. The molecule has 0 bridgehead atoms. The highest BCUT2D eigenvalue weighted by molar-refractivity contribution is 5.82. The lowest BCUT2D eigenvalue weighted by Crippen LogP contribution is -2.50. The Hall–Kier alpha value is -0.570. The highest BCUT2D eigenvalue weighted by atomic mass is 16.2. The van der Waals surface area contributed by atoms with Crippen LogP contribution in [0.25, 0.3) is 0 Å². The van der Waals surface area contributed by atoms with Crippen molar-refractivity contribution >= 4 is 5.91 Å². The van der Waals surface area contributed by atoms with Crippen molar-refractivity contribution in [2.45, 2.75) is 58.3 Å². The lowest BCUT2D eigenvalue weighted by atomic mass is 9.77. The van der Waals surface area contributed by atoms with Gasteiger partial charge in [-0.05, 0) is 38.1 Å². The molecule has 3 nitrogen and oxygen atoms in total. The molecular weight excluding hydrogens is 224 g/mol. The number of amides is 1. The Morgan fingerprint density at radius 1 is 1.33 bits per heavy atom. The van der Waals surface area contributed by atoms with E-state index in [2.05, 4.69) is 17.6 Å². The second-order valence-electron chi connectivity index (χ2n) is 6.11. The molecule has 1 aliphatic carbocycles. The molecule has 2 N–H and O–H groups in total. The maximum Gasteiger partial charge on any atom is 0.227 e. The van der Waals surface area contributed by atoms with Gasteiger partial charge in [-0.2, -0.15) is 0 Å². The normalized spacial score (nSPS) is 29.4. The average Bonchev–Trinajstić information content (AvgIpc) is 2.92. The molecule has 1 atom stereocenters. The minimum atomic E-state index is -0.131. The van der Waals surface area contributed by atoms with Crippen LogP contribution >= 0.6 is 0 Å². The third kappa shape index (κ3) is 3.25. The van der Waals surface area contributed by atoms with Crippen LogP contribution < -0.4 is 10.6 Å². The van der Waals surface area contributed by atoms with Crippen LogP contribution in [0.1, 0.15) is 58.3 Å².